The van der Waals surface area contributed by atoms with Gasteiger partial charge in [-0.25, -0.2) is 4.99 Å². The Balaban J connectivity index is 1.89. The first kappa shape index (κ1) is 36.9. The van der Waals surface area contributed by atoms with Crippen molar-refractivity contribution >= 4 is 30.0 Å². The normalized spacial score (nSPS) is 24.9. The Morgan fingerprint density at radius 3 is 2.46 bits per heavy atom. The maximum atomic E-state index is 13.1. The van der Waals surface area contributed by atoms with Crippen LogP contribution in [-0.2, 0) is 34.2 Å². The van der Waals surface area contributed by atoms with E-state index in [4.69, 9.17) is 25.4 Å². The molecule has 0 radical (unpaired) electrons. The van der Waals surface area contributed by atoms with Gasteiger partial charge in [-0.05, 0) is 49.1 Å². The molecule has 13 nitrogen and oxygen atoms in total. The Morgan fingerprint density at radius 2 is 1.89 bits per heavy atom. The number of aromatic nitrogens is 1. The number of hydrogen-bond acceptors (Lipinski definition) is 10. The number of nitrogens with one attached hydrogen (secondary N) is 3. The predicted molar refractivity (Wildman–Crippen MR) is 171 cm³/mol. The monoisotopic (exact) mass is 642 g/mol. The third-order valence-corrected chi connectivity index (χ3v) is 9.01. The number of amides is 1. The number of aliphatic imine (C=N–C) groups is 1. The number of esters is 2. The summed E-state index contributed by atoms with van der Waals surface area (Å²) in [6.07, 6.45) is 4.27. The van der Waals surface area contributed by atoms with Crippen LogP contribution in [-0.4, -0.2) is 71.1 Å². The highest BCUT2D eigenvalue weighted by Crippen LogP contribution is 2.41. The number of amidine groups is 1. The van der Waals surface area contributed by atoms with Crippen LogP contribution in [0.3, 0.4) is 0 Å². The van der Waals surface area contributed by atoms with Crippen LogP contribution in [0.2, 0.25) is 0 Å². The number of nitrogens with two attached hydrogens (primary N) is 1. The second kappa shape index (κ2) is 16.3. The Kier molecular flexibility index (Phi) is 13.1. The molecule has 1 saturated heterocycles. The van der Waals surface area contributed by atoms with Gasteiger partial charge >= 0.3 is 11.9 Å². The average Bonchev–Trinajstić information content (AvgIpc) is 3.50. The van der Waals surface area contributed by atoms with Crippen molar-refractivity contribution < 1.29 is 33.7 Å². The maximum Gasteiger partial charge on any atom is 0.323 e. The summed E-state index contributed by atoms with van der Waals surface area (Å²) in [5.74, 6) is -1.51. The molecule has 5 atom stereocenters. The van der Waals surface area contributed by atoms with Gasteiger partial charge in [0.05, 0.1) is 11.4 Å². The first-order valence-electron chi connectivity index (χ1n) is 16.3. The van der Waals surface area contributed by atoms with Crippen LogP contribution in [0.1, 0.15) is 104 Å². The molecule has 6 N–H and O–H groups in total. The Labute approximate surface area is 271 Å². The van der Waals surface area contributed by atoms with E-state index in [0.717, 1.165) is 44.9 Å². The number of nitriles is 1. The first-order valence-corrected chi connectivity index (χ1v) is 16.3. The summed E-state index contributed by atoms with van der Waals surface area (Å²) in [4.78, 5) is 45.7. The van der Waals surface area contributed by atoms with Crippen LogP contribution >= 0.6 is 0 Å². The molecule has 1 aliphatic heterocycles. The number of rotatable bonds is 12. The molecule has 254 valence electrons. The number of H-pyrrole nitrogens is 1. The van der Waals surface area contributed by atoms with Crippen molar-refractivity contribution in [3.8, 4) is 6.07 Å². The van der Waals surface area contributed by atoms with Crippen LogP contribution in [0.15, 0.2) is 17.1 Å². The molecule has 2 heterocycles. The molecule has 0 bridgehead atoms. The molecule has 0 spiro atoms. The smallest absolute Gasteiger partial charge is 0.323 e. The number of carbonyl (C=O) groups excluding carboxylic acids is 3. The molecule has 1 amide bonds. The average molecular weight is 643 g/mol. The number of hydrogen-bond donors (Lipinski definition) is 5. The summed E-state index contributed by atoms with van der Waals surface area (Å²) >= 11 is 0. The number of aliphatic hydroxyl groups is 1. The lowest BCUT2D eigenvalue weighted by Gasteiger charge is -2.28. The van der Waals surface area contributed by atoms with Gasteiger partial charge in [-0.15, -0.1) is 0 Å². The van der Waals surface area contributed by atoms with E-state index in [-0.39, 0.29) is 48.0 Å². The zero-order valence-electron chi connectivity index (χ0n) is 27.6. The summed E-state index contributed by atoms with van der Waals surface area (Å²) in [6.45, 7) is 8.72. The number of carbonyl (C=O) groups is 3. The first-order chi connectivity index (χ1) is 21.8. The van der Waals surface area contributed by atoms with Gasteiger partial charge in [-0.2, -0.15) is 5.26 Å². The van der Waals surface area contributed by atoms with Gasteiger partial charge in [0.2, 0.25) is 11.5 Å². The number of aliphatic hydroxyl groups excluding tert-OH is 1. The fraction of sp³-hybridized carbons (Fsp3) is 0.697. The van der Waals surface area contributed by atoms with E-state index in [9.17, 15) is 24.8 Å². The quantitative estimate of drug-likeness (QED) is 0.0974. The zero-order valence-corrected chi connectivity index (χ0v) is 27.6. The molecule has 1 aromatic heterocycles. The summed E-state index contributed by atoms with van der Waals surface area (Å²) < 4.78 is 17.4. The third kappa shape index (κ3) is 8.80. The summed E-state index contributed by atoms with van der Waals surface area (Å²) in [5, 5.41) is 32.2. The van der Waals surface area contributed by atoms with Gasteiger partial charge in [-0.3, -0.25) is 19.8 Å². The highest BCUT2D eigenvalue weighted by molar-refractivity contribution is 6.09. The van der Waals surface area contributed by atoms with E-state index < -0.39 is 47.3 Å². The van der Waals surface area contributed by atoms with Gasteiger partial charge in [0.25, 0.3) is 0 Å². The van der Waals surface area contributed by atoms with Gasteiger partial charge in [0, 0.05) is 12.3 Å². The van der Waals surface area contributed by atoms with Crippen LogP contribution in [0.5, 0.6) is 0 Å². The Hall–Kier alpha value is -3.60. The van der Waals surface area contributed by atoms with Crippen LogP contribution < -0.4 is 11.1 Å². The minimum Gasteiger partial charge on any atom is -0.463 e. The van der Waals surface area contributed by atoms with Crippen molar-refractivity contribution in [1.82, 2.24) is 10.3 Å². The van der Waals surface area contributed by atoms with E-state index in [1.54, 1.807) is 20.8 Å². The Bertz CT molecular complexity index is 1290. The SMILES string of the molecule is CCC(CC)C(=O)NC(=NC=N)c1ccc([C@]2(C#N)O[C@H](COC(=O)CC3CCCCCC3)[C@@H](OC(=O)[C@H](N)C(C)(C)C)[C@H]2O)[nH]1. The molecule has 2 aliphatic rings. The molecule has 13 heteroatoms. The third-order valence-electron chi connectivity index (χ3n) is 9.01. The van der Waals surface area contributed by atoms with Crippen molar-refractivity contribution in [2.45, 2.75) is 122 Å². The topological polar surface area (TPSA) is 213 Å². The second-order valence-corrected chi connectivity index (χ2v) is 13.3. The van der Waals surface area contributed by atoms with Gasteiger partial charge in [-0.1, -0.05) is 60.3 Å². The molecular weight excluding hydrogens is 592 g/mol. The van der Waals surface area contributed by atoms with E-state index in [1.807, 2.05) is 19.9 Å². The molecule has 2 fully saturated rings. The van der Waals surface area contributed by atoms with Crippen molar-refractivity contribution in [3.63, 3.8) is 0 Å². The predicted octanol–water partition coefficient (Wildman–Crippen LogP) is 3.59. The largest absolute Gasteiger partial charge is 0.463 e. The van der Waals surface area contributed by atoms with Gasteiger partial charge in [0.1, 0.15) is 37.3 Å². The van der Waals surface area contributed by atoms with Crippen molar-refractivity contribution in [3.05, 3.63) is 23.5 Å². The zero-order chi connectivity index (χ0) is 34.1. The summed E-state index contributed by atoms with van der Waals surface area (Å²) in [5.41, 5.74) is 3.74. The maximum absolute atomic E-state index is 13.1. The molecule has 3 rings (SSSR count). The minimum atomic E-state index is -2.08. The minimum absolute atomic E-state index is 0.0434. The highest BCUT2D eigenvalue weighted by Gasteiger charge is 2.59. The number of aromatic amines is 1. The fourth-order valence-corrected chi connectivity index (χ4v) is 5.92. The molecule has 1 aliphatic carbocycles. The lowest BCUT2D eigenvalue weighted by Crippen LogP contribution is -2.49. The summed E-state index contributed by atoms with van der Waals surface area (Å²) in [7, 11) is 0. The second-order valence-electron chi connectivity index (χ2n) is 13.3. The Morgan fingerprint density at radius 1 is 1.24 bits per heavy atom. The van der Waals surface area contributed by atoms with E-state index in [2.05, 4.69) is 15.3 Å². The van der Waals surface area contributed by atoms with E-state index >= 15 is 0 Å². The highest BCUT2D eigenvalue weighted by atomic mass is 16.6. The molecular formula is C33H50N6O7. The van der Waals surface area contributed by atoms with E-state index in [0.29, 0.717) is 12.8 Å². The number of ether oxygens (including phenoxy) is 3. The van der Waals surface area contributed by atoms with Crippen LogP contribution in [0, 0.1) is 34.0 Å². The van der Waals surface area contributed by atoms with Crippen LogP contribution in [0.25, 0.3) is 0 Å². The summed E-state index contributed by atoms with van der Waals surface area (Å²) in [6, 6.07) is 3.97. The van der Waals surface area contributed by atoms with Crippen LogP contribution in [0.4, 0.5) is 0 Å². The van der Waals surface area contributed by atoms with Crippen molar-refractivity contribution in [2.75, 3.05) is 6.61 Å². The lowest BCUT2D eigenvalue weighted by molar-refractivity contribution is -0.163. The van der Waals surface area contributed by atoms with Crippen molar-refractivity contribution in [1.29, 1.82) is 10.7 Å². The standard InChI is InChI=1S/C33H50N6O7/c1-6-21(7-2)30(42)39-29(37-19-35)22-14-15-24(38-22)33(18-34)28(41)26(45-31(43)27(36)32(3,4)5)23(46-33)17-44-25(40)16-20-12-10-8-9-11-13-20/h14-15,19-21,23,26-28,38,41H,6-13,16-17,36H2,1-5H3,(H2,35,37,39,42)/t23-,26-,27+,28-,33+/m1/s1. The molecule has 0 aromatic carbocycles. The number of nitrogens with zero attached hydrogens (tertiary/aromatic N) is 2. The van der Waals surface area contributed by atoms with Crippen molar-refractivity contribution in [2.24, 2.45) is 28.0 Å². The molecule has 46 heavy (non-hydrogen) atoms. The van der Waals surface area contributed by atoms with Gasteiger partial charge < -0.3 is 35.4 Å². The molecule has 1 saturated carbocycles. The lowest BCUT2D eigenvalue weighted by atomic mass is 9.87. The van der Waals surface area contributed by atoms with E-state index in [1.165, 1.54) is 12.1 Å². The molecule has 0 unspecified atom stereocenters. The fourth-order valence-electron chi connectivity index (χ4n) is 5.92. The van der Waals surface area contributed by atoms with Gasteiger partial charge in [0.15, 0.2) is 11.9 Å². The molecule has 1 aromatic rings.